The Bertz CT molecular complexity index is 529. The lowest BCUT2D eigenvalue weighted by Crippen LogP contribution is -2.56. The normalized spacial score (nSPS) is 25.5. The van der Waals surface area contributed by atoms with E-state index < -0.39 is 0 Å². The molecule has 0 spiro atoms. The molecule has 4 nitrogen and oxygen atoms in total. The fourth-order valence-corrected chi connectivity index (χ4v) is 4.00. The maximum absolute atomic E-state index is 12.2. The van der Waals surface area contributed by atoms with Gasteiger partial charge in [-0.1, -0.05) is 29.8 Å². The van der Waals surface area contributed by atoms with E-state index in [9.17, 15) is 4.79 Å². The molecule has 0 aliphatic carbocycles. The van der Waals surface area contributed by atoms with Gasteiger partial charge in [0.25, 0.3) is 0 Å². The molecule has 0 saturated carbocycles. The average molecular weight is 316 g/mol. The van der Waals surface area contributed by atoms with Crippen LogP contribution < -0.4 is 0 Å². The van der Waals surface area contributed by atoms with E-state index in [-0.39, 0.29) is 0 Å². The molecular formula is C19H28N2O2. The third kappa shape index (κ3) is 3.93. The Hall–Kier alpha value is -1.39. The van der Waals surface area contributed by atoms with Crippen LogP contribution in [0.5, 0.6) is 0 Å². The van der Waals surface area contributed by atoms with E-state index in [0.717, 1.165) is 39.0 Å². The number of likely N-dealkylation sites (tertiary alicyclic amines) is 2. The third-order valence-corrected chi connectivity index (χ3v) is 5.29. The molecule has 2 aliphatic rings. The van der Waals surface area contributed by atoms with Gasteiger partial charge in [0.2, 0.25) is 5.91 Å². The van der Waals surface area contributed by atoms with E-state index in [1.54, 1.807) is 7.11 Å². The van der Waals surface area contributed by atoms with Crippen molar-refractivity contribution < 1.29 is 9.53 Å². The molecule has 126 valence electrons. The van der Waals surface area contributed by atoms with Crippen LogP contribution in [0.1, 0.15) is 30.4 Å². The first-order valence-electron chi connectivity index (χ1n) is 8.73. The van der Waals surface area contributed by atoms with Gasteiger partial charge in [-0.15, -0.1) is 0 Å². The number of carbonyl (C=O) groups excluding carboxylic acids is 1. The summed E-state index contributed by atoms with van der Waals surface area (Å²) < 4.78 is 5.18. The standard InChI is InChI=1S/C19H28N2O2/c1-15-3-5-16(6-4-15)13-20-10-9-18-17(14-20)7-8-19(22)21(18)11-12-23-2/h3-6,17-18H,7-14H2,1-2H3/t17-,18+/m1/s1. The summed E-state index contributed by atoms with van der Waals surface area (Å²) >= 11 is 0. The molecule has 1 amide bonds. The molecule has 3 rings (SSSR count). The molecule has 4 heteroatoms. The van der Waals surface area contributed by atoms with Gasteiger partial charge in [0.05, 0.1) is 6.61 Å². The highest BCUT2D eigenvalue weighted by Gasteiger charge is 2.38. The Morgan fingerprint density at radius 1 is 1.22 bits per heavy atom. The van der Waals surface area contributed by atoms with Crippen molar-refractivity contribution in [2.45, 2.75) is 38.8 Å². The molecule has 1 aromatic rings. The zero-order chi connectivity index (χ0) is 16.2. The summed E-state index contributed by atoms with van der Waals surface area (Å²) in [6.07, 6.45) is 2.83. The minimum absolute atomic E-state index is 0.315. The molecular weight excluding hydrogens is 288 g/mol. The van der Waals surface area contributed by atoms with Crippen LogP contribution in [0.2, 0.25) is 0 Å². The zero-order valence-corrected chi connectivity index (χ0v) is 14.3. The summed E-state index contributed by atoms with van der Waals surface area (Å²) in [4.78, 5) is 16.9. The van der Waals surface area contributed by atoms with Gasteiger partial charge in [0, 0.05) is 45.8 Å². The largest absolute Gasteiger partial charge is 0.383 e. The topological polar surface area (TPSA) is 32.8 Å². The number of hydrogen-bond donors (Lipinski definition) is 0. The minimum Gasteiger partial charge on any atom is -0.383 e. The maximum atomic E-state index is 12.2. The lowest BCUT2D eigenvalue weighted by atomic mass is 9.83. The lowest BCUT2D eigenvalue weighted by molar-refractivity contribution is -0.142. The Labute approximate surface area is 139 Å². The number of rotatable bonds is 5. The van der Waals surface area contributed by atoms with Crippen LogP contribution in [0, 0.1) is 12.8 Å². The van der Waals surface area contributed by atoms with Crippen molar-refractivity contribution >= 4 is 5.91 Å². The smallest absolute Gasteiger partial charge is 0.222 e. The van der Waals surface area contributed by atoms with Crippen LogP contribution in [0.15, 0.2) is 24.3 Å². The summed E-state index contributed by atoms with van der Waals surface area (Å²) in [6, 6.07) is 9.26. The van der Waals surface area contributed by atoms with Gasteiger partial charge in [0.15, 0.2) is 0 Å². The van der Waals surface area contributed by atoms with Crippen LogP contribution >= 0.6 is 0 Å². The molecule has 0 aromatic heterocycles. The monoisotopic (exact) mass is 316 g/mol. The van der Waals surface area contributed by atoms with Crippen molar-refractivity contribution in [2.75, 3.05) is 33.4 Å². The van der Waals surface area contributed by atoms with Crippen LogP contribution in [0.4, 0.5) is 0 Å². The number of amides is 1. The van der Waals surface area contributed by atoms with Crippen LogP contribution in [-0.2, 0) is 16.1 Å². The molecule has 0 bridgehead atoms. The number of hydrogen-bond acceptors (Lipinski definition) is 3. The second-order valence-electron chi connectivity index (χ2n) is 6.96. The molecule has 0 N–H and O–H groups in total. The summed E-state index contributed by atoms with van der Waals surface area (Å²) in [5.41, 5.74) is 2.70. The summed E-state index contributed by atoms with van der Waals surface area (Å²) in [5.74, 6) is 0.930. The lowest BCUT2D eigenvalue weighted by Gasteiger charge is -2.47. The number of methoxy groups -OCH3 is 1. The quantitative estimate of drug-likeness (QED) is 0.836. The minimum atomic E-state index is 0.315. The summed E-state index contributed by atoms with van der Waals surface area (Å²) in [6.45, 7) is 6.72. The van der Waals surface area contributed by atoms with E-state index in [1.807, 2.05) is 0 Å². The number of fused-ring (bicyclic) bond motifs is 1. The Morgan fingerprint density at radius 2 is 2.00 bits per heavy atom. The van der Waals surface area contributed by atoms with E-state index in [1.165, 1.54) is 11.1 Å². The molecule has 0 unspecified atom stereocenters. The second-order valence-corrected chi connectivity index (χ2v) is 6.96. The number of carbonyl (C=O) groups is 1. The zero-order valence-electron chi connectivity index (χ0n) is 14.3. The first kappa shape index (κ1) is 16.5. The average Bonchev–Trinajstić information content (AvgIpc) is 2.56. The fraction of sp³-hybridized carbons (Fsp3) is 0.632. The molecule has 2 fully saturated rings. The van der Waals surface area contributed by atoms with Crippen molar-refractivity contribution in [3.63, 3.8) is 0 Å². The second kappa shape index (κ2) is 7.45. The highest BCUT2D eigenvalue weighted by Crippen LogP contribution is 2.31. The molecule has 2 saturated heterocycles. The van der Waals surface area contributed by atoms with Crippen LogP contribution in [0.25, 0.3) is 0 Å². The van der Waals surface area contributed by atoms with Gasteiger partial charge in [-0.25, -0.2) is 0 Å². The van der Waals surface area contributed by atoms with Crippen molar-refractivity contribution in [1.82, 2.24) is 9.80 Å². The Morgan fingerprint density at radius 3 is 2.74 bits per heavy atom. The Balaban J connectivity index is 1.60. The molecule has 1 aromatic carbocycles. The number of piperidine rings is 2. The van der Waals surface area contributed by atoms with Crippen molar-refractivity contribution in [3.8, 4) is 0 Å². The van der Waals surface area contributed by atoms with E-state index >= 15 is 0 Å². The van der Waals surface area contributed by atoms with Gasteiger partial charge in [0.1, 0.15) is 0 Å². The molecule has 2 atom stereocenters. The summed E-state index contributed by atoms with van der Waals surface area (Å²) in [7, 11) is 1.70. The molecule has 0 radical (unpaired) electrons. The van der Waals surface area contributed by atoms with Gasteiger partial charge in [-0.2, -0.15) is 0 Å². The van der Waals surface area contributed by atoms with Gasteiger partial charge in [-0.3, -0.25) is 9.69 Å². The third-order valence-electron chi connectivity index (χ3n) is 5.29. The Kier molecular flexibility index (Phi) is 5.34. The number of ether oxygens (including phenoxy) is 1. The maximum Gasteiger partial charge on any atom is 0.222 e. The van der Waals surface area contributed by atoms with E-state index in [0.29, 0.717) is 30.9 Å². The number of aryl methyl sites for hydroxylation is 1. The fourth-order valence-electron chi connectivity index (χ4n) is 4.00. The highest BCUT2D eigenvalue weighted by molar-refractivity contribution is 5.77. The van der Waals surface area contributed by atoms with Gasteiger partial charge < -0.3 is 9.64 Å². The van der Waals surface area contributed by atoms with Crippen LogP contribution in [-0.4, -0.2) is 55.1 Å². The first-order chi connectivity index (χ1) is 11.2. The molecule has 23 heavy (non-hydrogen) atoms. The molecule has 2 aliphatic heterocycles. The van der Waals surface area contributed by atoms with Crippen LogP contribution in [0.3, 0.4) is 0 Å². The van der Waals surface area contributed by atoms with Gasteiger partial charge in [-0.05, 0) is 31.2 Å². The van der Waals surface area contributed by atoms with E-state index in [2.05, 4.69) is 41.0 Å². The number of nitrogens with zero attached hydrogens (tertiary/aromatic N) is 2. The van der Waals surface area contributed by atoms with Crippen molar-refractivity contribution in [3.05, 3.63) is 35.4 Å². The summed E-state index contributed by atoms with van der Waals surface area (Å²) in [5, 5.41) is 0. The SMILES string of the molecule is COCCN1C(=O)CC[C@@H]2CN(Cc3ccc(C)cc3)CC[C@@H]21. The predicted molar refractivity (Wildman–Crippen MR) is 91.2 cm³/mol. The van der Waals surface area contributed by atoms with Gasteiger partial charge >= 0.3 is 0 Å². The van der Waals surface area contributed by atoms with E-state index in [4.69, 9.17) is 4.74 Å². The number of benzene rings is 1. The first-order valence-corrected chi connectivity index (χ1v) is 8.73. The van der Waals surface area contributed by atoms with Crippen molar-refractivity contribution in [2.24, 2.45) is 5.92 Å². The predicted octanol–water partition coefficient (Wildman–Crippen LogP) is 2.45. The highest BCUT2D eigenvalue weighted by atomic mass is 16.5. The molecule has 2 heterocycles. The van der Waals surface area contributed by atoms with Crippen molar-refractivity contribution in [1.29, 1.82) is 0 Å².